The molecular formula is C18H20N2O2. The predicted octanol–water partition coefficient (Wildman–Crippen LogP) is 2.78. The van der Waals surface area contributed by atoms with Crippen molar-refractivity contribution in [2.75, 3.05) is 13.2 Å². The average Bonchev–Trinajstić information content (AvgIpc) is 2.50. The molecule has 4 nitrogen and oxygen atoms in total. The Balaban J connectivity index is 1.81. The van der Waals surface area contributed by atoms with Gasteiger partial charge in [-0.25, -0.2) is 0 Å². The number of nitrogens with one attached hydrogen (secondary N) is 1. The van der Waals surface area contributed by atoms with Crippen LogP contribution in [-0.2, 0) is 4.79 Å². The lowest BCUT2D eigenvalue weighted by atomic mass is 10.1. The number of aromatic nitrogens is 1. The van der Waals surface area contributed by atoms with Crippen LogP contribution in [0.25, 0.3) is 10.9 Å². The summed E-state index contributed by atoms with van der Waals surface area (Å²) in [4.78, 5) is 15.8. The number of fused-ring (bicyclic) bond motifs is 1. The maximum absolute atomic E-state index is 11.4. The zero-order valence-corrected chi connectivity index (χ0v) is 12.9. The van der Waals surface area contributed by atoms with Crippen molar-refractivity contribution in [3.05, 3.63) is 36.5 Å². The fraction of sp³-hybridized carbons (Fsp3) is 0.333. The Kier molecular flexibility index (Phi) is 5.79. The predicted molar refractivity (Wildman–Crippen MR) is 87.5 cm³/mol. The van der Waals surface area contributed by atoms with Crippen LogP contribution in [0.1, 0.15) is 20.3 Å². The van der Waals surface area contributed by atoms with Gasteiger partial charge in [0, 0.05) is 18.0 Å². The van der Waals surface area contributed by atoms with E-state index in [1.807, 2.05) is 44.2 Å². The van der Waals surface area contributed by atoms with Crippen LogP contribution >= 0.6 is 0 Å². The molecular weight excluding hydrogens is 276 g/mol. The van der Waals surface area contributed by atoms with Crippen LogP contribution in [0.2, 0.25) is 0 Å². The normalized spacial score (nSPS) is 10.1. The van der Waals surface area contributed by atoms with E-state index in [1.54, 1.807) is 6.20 Å². The minimum absolute atomic E-state index is 0.0310. The highest BCUT2D eigenvalue weighted by molar-refractivity contribution is 5.84. The summed E-state index contributed by atoms with van der Waals surface area (Å²) in [5.41, 5.74) is 0.831. The molecule has 0 bridgehead atoms. The van der Waals surface area contributed by atoms with E-state index in [-0.39, 0.29) is 12.5 Å². The Labute approximate surface area is 130 Å². The van der Waals surface area contributed by atoms with Gasteiger partial charge < -0.3 is 10.1 Å². The first-order chi connectivity index (χ1) is 10.7. The smallest absolute Gasteiger partial charge is 0.221 e. The van der Waals surface area contributed by atoms with Crippen LogP contribution in [0.4, 0.5) is 0 Å². The Morgan fingerprint density at radius 2 is 2.09 bits per heavy atom. The van der Waals surface area contributed by atoms with Gasteiger partial charge in [-0.15, -0.1) is 0 Å². The molecule has 2 rings (SSSR count). The summed E-state index contributed by atoms with van der Waals surface area (Å²) in [7, 11) is 0. The van der Waals surface area contributed by atoms with E-state index in [9.17, 15) is 4.79 Å². The largest absolute Gasteiger partial charge is 0.479 e. The van der Waals surface area contributed by atoms with E-state index < -0.39 is 0 Å². The topological polar surface area (TPSA) is 51.2 Å². The van der Waals surface area contributed by atoms with E-state index in [1.165, 1.54) is 0 Å². The highest BCUT2D eigenvalue weighted by atomic mass is 16.5. The average molecular weight is 296 g/mol. The molecule has 0 spiro atoms. The second kappa shape index (κ2) is 8.04. The maximum Gasteiger partial charge on any atom is 0.221 e. The lowest BCUT2D eigenvalue weighted by molar-refractivity contribution is -0.121. The van der Waals surface area contributed by atoms with Crippen molar-refractivity contribution in [1.29, 1.82) is 0 Å². The Morgan fingerprint density at radius 3 is 2.91 bits per heavy atom. The minimum Gasteiger partial charge on any atom is -0.479 e. The third-order valence-electron chi connectivity index (χ3n) is 2.99. The first-order valence-electron chi connectivity index (χ1n) is 7.36. The number of carbonyl (C=O) groups is 1. The Hall–Kier alpha value is -2.54. The van der Waals surface area contributed by atoms with E-state index in [4.69, 9.17) is 4.74 Å². The van der Waals surface area contributed by atoms with Gasteiger partial charge in [0.15, 0.2) is 0 Å². The number of para-hydroxylation sites is 1. The highest BCUT2D eigenvalue weighted by Crippen LogP contribution is 2.22. The number of nitrogens with zero attached hydrogens (tertiary/aromatic N) is 1. The summed E-state index contributed by atoms with van der Waals surface area (Å²) >= 11 is 0. The number of hydrogen-bond donors (Lipinski definition) is 1. The van der Waals surface area contributed by atoms with Gasteiger partial charge in [0.05, 0.1) is 6.54 Å². The second-order valence-corrected chi connectivity index (χ2v) is 5.35. The lowest BCUT2D eigenvalue weighted by Crippen LogP contribution is -2.24. The zero-order chi connectivity index (χ0) is 15.8. The van der Waals surface area contributed by atoms with Crippen molar-refractivity contribution in [2.45, 2.75) is 20.3 Å². The van der Waals surface area contributed by atoms with E-state index in [0.29, 0.717) is 18.9 Å². The number of amides is 1. The molecule has 1 N–H and O–H groups in total. The molecule has 0 aliphatic heterocycles. The SMILES string of the molecule is CC(C)CC(=O)NCC#CCOc1cccc2cccnc12. The van der Waals surface area contributed by atoms with Gasteiger partial charge >= 0.3 is 0 Å². The second-order valence-electron chi connectivity index (χ2n) is 5.35. The molecule has 0 saturated carbocycles. The van der Waals surface area contributed by atoms with Gasteiger partial charge in [-0.05, 0) is 18.1 Å². The Bertz CT molecular complexity index is 694. The zero-order valence-electron chi connectivity index (χ0n) is 12.9. The maximum atomic E-state index is 11.4. The highest BCUT2D eigenvalue weighted by Gasteiger charge is 2.02. The molecule has 0 radical (unpaired) electrons. The van der Waals surface area contributed by atoms with E-state index in [2.05, 4.69) is 22.1 Å². The van der Waals surface area contributed by atoms with Gasteiger partial charge in [0.2, 0.25) is 5.91 Å². The van der Waals surface area contributed by atoms with Crippen molar-refractivity contribution in [3.8, 4) is 17.6 Å². The number of ether oxygens (including phenoxy) is 1. The number of pyridine rings is 1. The van der Waals surface area contributed by atoms with E-state index >= 15 is 0 Å². The molecule has 0 fully saturated rings. The molecule has 1 aromatic carbocycles. The number of hydrogen-bond acceptors (Lipinski definition) is 3. The van der Waals surface area contributed by atoms with Gasteiger partial charge in [0.1, 0.15) is 17.9 Å². The quantitative estimate of drug-likeness (QED) is 0.863. The molecule has 1 heterocycles. The van der Waals surface area contributed by atoms with Gasteiger partial charge in [-0.3, -0.25) is 9.78 Å². The summed E-state index contributed by atoms with van der Waals surface area (Å²) < 4.78 is 5.64. The number of benzene rings is 1. The van der Waals surface area contributed by atoms with Crippen LogP contribution < -0.4 is 10.1 Å². The van der Waals surface area contributed by atoms with Gasteiger partial charge in [-0.1, -0.05) is 43.9 Å². The molecule has 4 heteroatoms. The third kappa shape index (κ3) is 4.78. The van der Waals surface area contributed by atoms with E-state index in [0.717, 1.165) is 16.7 Å². The molecule has 0 unspecified atom stereocenters. The fourth-order valence-corrected chi connectivity index (χ4v) is 2.01. The summed E-state index contributed by atoms with van der Waals surface area (Å²) in [5.74, 6) is 6.88. The van der Waals surface area contributed by atoms with Crippen LogP contribution in [-0.4, -0.2) is 24.0 Å². The molecule has 114 valence electrons. The van der Waals surface area contributed by atoms with Gasteiger partial charge in [-0.2, -0.15) is 0 Å². The van der Waals surface area contributed by atoms with Crippen molar-refractivity contribution < 1.29 is 9.53 Å². The summed E-state index contributed by atoms with van der Waals surface area (Å²) in [5, 5.41) is 3.80. The Morgan fingerprint density at radius 1 is 1.27 bits per heavy atom. The summed E-state index contributed by atoms with van der Waals surface area (Å²) in [6.45, 7) is 4.65. The number of rotatable bonds is 5. The molecule has 0 saturated heterocycles. The summed E-state index contributed by atoms with van der Waals surface area (Å²) in [6.07, 6.45) is 2.27. The first-order valence-corrected chi connectivity index (χ1v) is 7.36. The third-order valence-corrected chi connectivity index (χ3v) is 2.99. The monoisotopic (exact) mass is 296 g/mol. The van der Waals surface area contributed by atoms with Crippen LogP contribution in [0, 0.1) is 17.8 Å². The lowest BCUT2D eigenvalue weighted by Gasteiger charge is -2.05. The van der Waals surface area contributed by atoms with Crippen molar-refractivity contribution >= 4 is 16.8 Å². The van der Waals surface area contributed by atoms with Crippen molar-refractivity contribution in [2.24, 2.45) is 5.92 Å². The molecule has 0 aliphatic rings. The minimum atomic E-state index is 0.0310. The molecule has 0 atom stereocenters. The summed E-state index contributed by atoms with van der Waals surface area (Å²) in [6, 6.07) is 9.68. The molecule has 0 aliphatic carbocycles. The fourth-order valence-electron chi connectivity index (χ4n) is 2.01. The number of carbonyl (C=O) groups excluding carboxylic acids is 1. The van der Waals surface area contributed by atoms with Crippen molar-refractivity contribution in [3.63, 3.8) is 0 Å². The standard InChI is InChI=1S/C18H20N2O2/c1-14(2)13-17(21)19-10-3-4-12-22-16-9-5-7-15-8-6-11-20-18(15)16/h5-9,11,14H,10,12-13H2,1-2H3,(H,19,21). The molecule has 1 amide bonds. The van der Waals surface area contributed by atoms with Gasteiger partial charge in [0.25, 0.3) is 0 Å². The van der Waals surface area contributed by atoms with Crippen LogP contribution in [0.15, 0.2) is 36.5 Å². The molecule has 2 aromatic rings. The van der Waals surface area contributed by atoms with Crippen LogP contribution in [0.3, 0.4) is 0 Å². The van der Waals surface area contributed by atoms with Crippen LogP contribution in [0.5, 0.6) is 5.75 Å². The first kappa shape index (κ1) is 15.8. The van der Waals surface area contributed by atoms with Crippen molar-refractivity contribution in [1.82, 2.24) is 10.3 Å². The molecule has 22 heavy (non-hydrogen) atoms. The molecule has 1 aromatic heterocycles.